The second kappa shape index (κ2) is 15.7. The Kier molecular flexibility index (Phi) is 11.7. The molecule has 0 radical (unpaired) electrons. The average molecular weight is 746 g/mol. The molecule has 0 unspecified atom stereocenters. The third-order valence-electron chi connectivity index (χ3n) is 7.40. The maximum Gasteiger partial charge on any atom is 0.338 e. The Hall–Kier alpha value is -3.96. The molecule has 258 valence electrons. The lowest BCUT2D eigenvalue weighted by Gasteiger charge is -2.25. The molecule has 5 rings (SSSR count). The minimum absolute atomic E-state index is 0.0889. The molecular weight excluding hydrogens is 711 g/mol. The molecule has 0 amide bonds. The first kappa shape index (κ1) is 36.3. The van der Waals surface area contributed by atoms with Crippen LogP contribution in [0.1, 0.15) is 57.4 Å². The van der Waals surface area contributed by atoms with Gasteiger partial charge in [-0.1, -0.05) is 58.3 Å². The van der Waals surface area contributed by atoms with Crippen LogP contribution >= 0.6 is 46.1 Å². The number of rotatable bonds is 12. The zero-order chi connectivity index (χ0) is 35.4. The number of esters is 1. The van der Waals surface area contributed by atoms with Crippen molar-refractivity contribution in [3.8, 4) is 23.0 Å². The number of benzene rings is 3. The van der Waals surface area contributed by atoms with Gasteiger partial charge in [0.15, 0.2) is 27.8 Å². The van der Waals surface area contributed by atoms with Crippen molar-refractivity contribution in [2.45, 2.75) is 53.4 Å². The van der Waals surface area contributed by atoms with Crippen LogP contribution in [0.15, 0.2) is 69.6 Å². The highest BCUT2D eigenvalue weighted by molar-refractivity contribution is 7.07. The van der Waals surface area contributed by atoms with Crippen LogP contribution in [0, 0.1) is 0 Å². The van der Waals surface area contributed by atoms with E-state index >= 15 is 0 Å². The van der Waals surface area contributed by atoms with Crippen molar-refractivity contribution >= 4 is 58.2 Å². The molecule has 4 aromatic rings. The van der Waals surface area contributed by atoms with E-state index in [4.69, 9.17) is 58.5 Å². The van der Waals surface area contributed by atoms with E-state index < -0.39 is 12.0 Å². The predicted octanol–water partition coefficient (Wildman–Crippen LogP) is 7.53. The van der Waals surface area contributed by atoms with Gasteiger partial charge in [-0.25, -0.2) is 9.79 Å². The van der Waals surface area contributed by atoms with E-state index in [0.717, 1.165) is 5.56 Å². The van der Waals surface area contributed by atoms with Crippen LogP contribution in [-0.4, -0.2) is 37.0 Å². The summed E-state index contributed by atoms with van der Waals surface area (Å²) in [5.41, 5.74) is 2.30. The van der Waals surface area contributed by atoms with Gasteiger partial charge >= 0.3 is 5.97 Å². The number of thiazole rings is 1. The minimum Gasteiger partial charge on any atom is -0.493 e. The molecule has 1 atom stereocenters. The van der Waals surface area contributed by atoms with E-state index in [2.05, 4.69) is 4.99 Å². The smallest absolute Gasteiger partial charge is 0.338 e. The highest BCUT2D eigenvalue weighted by atomic mass is 35.5. The maximum atomic E-state index is 14.2. The number of methoxy groups -OCH3 is 1. The summed E-state index contributed by atoms with van der Waals surface area (Å²) < 4.78 is 30.8. The van der Waals surface area contributed by atoms with E-state index in [-0.39, 0.29) is 35.5 Å². The van der Waals surface area contributed by atoms with Crippen LogP contribution in [0.2, 0.25) is 15.1 Å². The lowest BCUT2D eigenvalue weighted by atomic mass is 9.95. The molecule has 13 heteroatoms. The molecular formula is C36H35Cl3N2O7S. The molecule has 2 heterocycles. The molecule has 0 fully saturated rings. The fourth-order valence-electron chi connectivity index (χ4n) is 5.33. The standard InChI is InChI=1S/C36H35Cl3N2O7S/c1-7-45-29-14-21(13-26(39)33(29)47-18-23-9-11-24(37)17-25(23)38)15-30-34(42)41-32(22-10-12-27(48-19(3)4)28(16-22)44-6)31(35(43)46-8-2)20(5)40-36(41)49-30/h9-17,19,32H,7-8,18H2,1-6H3/b30-15-/t32-/m1/s1. The highest BCUT2D eigenvalue weighted by Gasteiger charge is 2.34. The fraction of sp³-hybridized carbons (Fsp3) is 0.306. The summed E-state index contributed by atoms with van der Waals surface area (Å²) >= 11 is 20.3. The molecule has 0 saturated carbocycles. The molecule has 0 aliphatic carbocycles. The normalized spacial score (nSPS) is 14.4. The number of nitrogens with zero attached hydrogens (tertiary/aromatic N) is 2. The zero-order valence-corrected chi connectivity index (χ0v) is 30.9. The molecule has 1 aliphatic heterocycles. The van der Waals surface area contributed by atoms with E-state index in [1.54, 1.807) is 62.4 Å². The first-order chi connectivity index (χ1) is 23.4. The summed E-state index contributed by atoms with van der Waals surface area (Å²) in [6.07, 6.45) is 1.62. The number of ether oxygens (including phenoxy) is 5. The molecule has 0 bridgehead atoms. The first-order valence-corrected chi connectivity index (χ1v) is 17.5. The van der Waals surface area contributed by atoms with Gasteiger partial charge in [-0.3, -0.25) is 9.36 Å². The van der Waals surface area contributed by atoms with Crippen LogP contribution in [-0.2, 0) is 16.1 Å². The van der Waals surface area contributed by atoms with Crippen molar-refractivity contribution in [1.82, 2.24) is 4.57 Å². The zero-order valence-electron chi connectivity index (χ0n) is 27.8. The Morgan fingerprint density at radius 3 is 2.43 bits per heavy atom. The van der Waals surface area contributed by atoms with Gasteiger partial charge in [0, 0.05) is 15.6 Å². The molecule has 3 aromatic carbocycles. The van der Waals surface area contributed by atoms with Gasteiger partial charge < -0.3 is 23.7 Å². The first-order valence-electron chi connectivity index (χ1n) is 15.5. The number of hydrogen-bond acceptors (Lipinski definition) is 9. The van der Waals surface area contributed by atoms with E-state index in [0.29, 0.717) is 65.8 Å². The average Bonchev–Trinajstić information content (AvgIpc) is 3.34. The van der Waals surface area contributed by atoms with Gasteiger partial charge in [0.05, 0.1) is 53.3 Å². The fourth-order valence-corrected chi connectivity index (χ4v) is 7.11. The topological polar surface area (TPSA) is 97.6 Å². The Morgan fingerprint density at radius 1 is 0.980 bits per heavy atom. The van der Waals surface area contributed by atoms with E-state index in [1.807, 2.05) is 26.8 Å². The predicted molar refractivity (Wildman–Crippen MR) is 193 cm³/mol. The van der Waals surface area contributed by atoms with Crippen LogP contribution in [0.3, 0.4) is 0 Å². The monoisotopic (exact) mass is 744 g/mol. The number of hydrogen-bond donors (Lipinski definition) is 0. The number of halogens is 3. The summed E-state index contributed by atoms with van der Waals surface area (Å²) in [4.78, 5) is 32.7. The summed E-state index contributed by atoms with van der Waals surface area (Å²) in [5.74, 6) is 1.17. The SMILES string of the molecule is CCOC(=O)C1=C(C)N=c2s/c(=C\c3cc(Cl)c(OCc4ccc(Cl)cc4Cl)c(OCC)c3)c(=O)n2[C@@H]1c1ccc(OC(C)C)c(OC)c1. The Balaban J connectivity index is 1.60. The second-order valence-electron chi connectivity index (χ2n) is 11.2. The van der Waals surface area contributed by atoms with Gasteiger partial charge in [-0.05, 0) is 88.2 Å². The number of aromatic nitrogens is 1. The summed E-state index contributed by atoms with van der Waals surface area (Å²) in [7, 11) is 1.54. The molecule has 1 aromatic heterocycles. The van der Waals surface area contributed by atoms with Crippen LogP contribution in [0.4, 0.5) is 0 Å². The molecule has 9 nitrogen and oxygen atoms in total. The largest absolute Gasteiger partial charge is 0.493 e. The van der Waals surface area contributed by atoms with Crippen molar-refractivity contribution < 1.29 is 28.5 Å². The third-order valence-corrected chi connectivity index (χ3v) is 9.25. The van der Waals surface area contributed by atoms with Gasteiger partial charge in [-0.2, -0.15) is 0 Å². The summed E-state index contributed by atoms with van der Waals surface area (Å²) in [5, 5.41) is 1.26. The lowest BCUT2D eigenvalue weighted by Crippen LogP contribution is -2.40. The van der Waals surface area contributed by atoms with Crippen LogP contribution in [0.25, 0.3) is 6.08 Å². The Labute approximate surface area is 302 Å². The van der Waals surface area contributed by atoms with E-state index in [9.17, 15) is 9.59 Å². The minimum atomic E-state index is -0.836. The summed E-state index contributed by atoms with van der Waals surface area (Å²) in [6, 6.07) is 13.1. The number of carbonyl (C=O) groups excluding carboxylic acids is 1. The van der Waals surface area contributed by atoms with Crippen molar-refractivity contribution in [3.63, 3.8) is 0 Å². The van der Waals surface area contributed by atoms with E-state index in [1.165, 1.54) is 23.0 Å². The van der Waals surface area contributed by atoms with Crippen LogP contribution < -0.4 is 33.8 Å². The molecule has 49 heavy (non-hydrogen) atoms. The quantitative estimate of drug-likeness (QED) is 0.138. The molecule has 0 N–H and O–H groups in total. The highest BCUT2D eigenvalue weighted by Crippen LogP contribution is 2.39. The van der Waals surface area contributed by atoms with Crippen molar-refractivity contribution in [2.24, 2.45) is 4.99 Å². The maximum absolute atomic E-state index is 14.2. The van der Waals surface area contributed by atoms with Crippen molar-refractivity contribution in [2.75, 3.05) is 20.3 Å². The molecule has 0 spiro atoms. The molecule has 0 saturated heterocycles. The molecule has 1 aliphatic rings. The van der Waals surface area contributed by atoms with Gasteiger partial charge in [0.1, 0.15) is 6.61 Å². The van der Waals surface area contributed by atoms with Crippen molar-refractivity contribution in [1.29, 1.82) is 0 Å². The van der Waals surface area contributed by atoms with Gasteiger partial charge in [0.2, 0.25) is 0 Å². The second-order valence-corrected chi connectivity index (χ2v) is 13.4. The Bertz CT molecular complexity index is 2110. The summed E-state index contributed by atoms with van der Waals surface area (Å²) in [6.45, 7) is 9.77. The lowest BCUT2D eigenvalue weighted by molar-refractivity contribution is -0.139. The van der Waals surface area contributed by atoms with Gasteiger partial charge in [-0.15, -0.1) is 0 Å². The third kappa shape index (κ3) is 7.94. The number of fused-ring (bicyclic) bond motifs is 1. The van der Waals surface area contributed by atoms with Gasteiger partial charge in [0.25, 0.3) is 5.56 Å². The number of carbonyl (C=O) groups is 1. The van der Waals surface area contributed by atoms with Crippen LogP contribution in [0.5, 0.6) is 23.0 Å². The number of allylic oxidation sites excluding steroid dienone is 1. The Morgan fingerprint density at radius 2 is 1.76 bits per heavy atom. The van der Waals surface area contributed by atoms with Crippen molar-refractivity contribution in [3.05, 3.63) is 111 Å².